The Morgan fingerprint density at radius 3 is 2.00 bits per heavy atom. The van der Waals surface area contributed by atoms with E-state index in [4.69, 9.17) is 4.74 Å². The quantitative estimate of drug-likeness (QED) is 0.204. The first kappa shape index (κ1) is 20.2. The zero-order chi connectivity index (χ0) is 15.6. The molecule has 0 saturated carbocycles. The van der Waals surface area contributed by atoms with Gasteiger partial charge in [0.2, 0.25) is 0 Å². The molecule has 0 bridgehead atoms. The number of carbonyl (C=O) groups excluding carboxylic acids is 1. The maximum Gasteiger partial charge on any atom is 0.306 e. The molecule has 0 heterocycles. The van der Waals surface area contributed by atoms with Crippen molar-refractivity contribution in [3.63, 3.8) is 0 Å². The van der Waals surface area contributed by atoms with E-state index in [0.717, 1.165) is 19.3 Å². The van der Waals surface area contributed by atoms with Crippen LogP contribution in [0, 0.1) is 0 Å². The fourth-order valence-corrected chi connectivity index (χ4v) is 2.31. The molecule has 0 aromatic heterocycles. The average molecular weight is 296 g/mol. The molecule has 2 nitrogen and oxygen atoms in total. The van der Waals surface area contributed by atoms with Crippen molar-refractivity contribution in [2.75, 3.05) is 6.61 Å². The zero-order valence-electron chi connectivity index (χ0n) is 14.4. The molecule has 0 aromatic carbocycles. The predicted molar refractivity (Wildman–Crippen MR) is 91.5 cm³/mol. The van der Waals surface area contributed by atoms with Crippen LogP contribution in [0.4, 0.5) is 0 Å². The minimum Gasteiger partial charge on any atom is -0.461 e. The second kappa shape index (κ2) is 17.3. The minimum absolute atomic E-state index is 0.0424. The summed E-state index contributed by atoms with van der Waals surface area (Å²) in [4.78, 5) is 11.5. The van der Waals surface area contributed by atoms with E-state index in [0.29, 0.717) is 13.0 Å². The highest BCUT2D eigenvalue weighted by Gasteiger charge is 2.00. The first-order valence-corrected chi connectivity index (χ1v) is 9.11. The molecule has 2 heteroatoms. The van der Waals surface area contributed by atoms with Gasteiger partial charge in [-0.25, -0.2) is 0 Å². The summed E-state index contributed by atoms with van der Waals surface area (Å²) in [5, 5.41) is 0. The van der Waals surface area contributed by atoms with Crippen molar-refractivity contribution >= 4 is 5.97 Å². The number of hydrogen-bond donors (Lipinski definition) is 0. The number of ether oxygens (including phenoxy) is 1. The molecule has 0 aliphatic rings. The van der Waals surface area contributed by atoms with E-state index < -0.39 is 0 Å². The van der Waals surface area contributed by atoms with Crippen LogP contribution in [0.15, 0.2) is 12.2 Å². The van der Waals surface area contributed by atoms with Crippen LogP contribution in [-0.4, -0.2) is 12.6 Å². The molecule has 0 radical (unpaired) electrons. The Morgan fingerprint density at radius 2 is 1.33 bits per heavy atom. The number of carbonyl (C=O) groups is 1. The van der Waals surface area contributed by atoms with Gasteiger partial charge in [-0.3, -0.25) is 4.79 Å². The minimum atomic E-state index is -0.0424. The van der Waals surface area contributed by atoms with E-state index in [1.807, 2.05) is 6.08 Å². The molecule has 0 aromatic rings. The summed E-state index contributed by atoms with van der Waals surface area (Å²) in [7, 11) is 0. The summed E-state index contributed by atoms with van der Waals surface area (Å²) in [6, 6.07) is 0. The van der Waals surface area contributed by atoms with E-state index in [-0.39, 0.29) is 5.97 Å². The molecule has 124 valence electrons. The molecule has 0 unspecified atom stereocenters. The van der Waals surface area contributed by atoms with Crippen LogP contribution in [0.25, 0.3) is 0 Å². The van der Waals surface area contributed by atoms with Gasteiger partial charge in [-0.05, 0) is 19.3 Å². The first-order chi connectivity index (χ1) is 10.3. The third-order valence-corrected chi connectivity index (χ3v) is 3.72. The number of allylic oxidation sites excluding steroid dienone is 1. The second-order valence-electron chi connectivity index (χ2n) is 5.88. The van der Waals surface area contributed by atoms with Crippen LogP contribution in [0.5, 0.6) is 0 Å². The van der Waals surface area contributed by atoms with Crippen LogP contribution in [0.3, 0.4) is 0 Å². The highest BCUT2D eigenvalue weighted by molar-refractivity contribution is 5.69. The Kier molecular flexibility index (Phi) is 16.6. The summed E-state index contributed by atoms with van der Waals surface area (Å²) in [5.74, 6) is -0.0424. The summed E-state index contributed by atoms with van der Waals surface area (Å²) < 4.78 is 5.19. The van der Waals surface area contributed by atoms with Crippen molar-refractivity contribution in [2.45, 2.75) is 97.3 Å². The number of hydrogen-bond acceptors (Lipinski definition) is 2. The summed E-state index contributed by atoms with van der Waals surface area (Å²) in [6.45, 7) is 4.90. The van der Waals surface area contributed by atoms with Crippen LogP contribution >= 0.6 is 0 Å². The number of rotatable bonds is 15. The Bertz CT molecular complexity index is 246. The fourth-order valence-electron chi connectivity index (χ4n) is 2.31. The van der Waals surface area contributed by atoms with Gasteiger partial charge >= 0.3 is 5.97 Å². The Labute approximate surface area is 132 Å². The summed E-state index contributed by atoms with van der Waals surface area (Å²) in [6.07, 6.45) is 19.6. The van der Waals surface area contributed by atoms with Crippen molar-refractivity contribution < 1.29 is 9.53 Å². The third kappa shape index (κ3) is 17.2. The second-order valence-corrected chi connectivity index (χ2v) is 5.88. The van der Waals surface area contributed by atoms with Crippen LogP contribution in [0.2, 0.25) is 0 Å². The topological polar surface area (TPSA) is 26.3 Å². The lowest BCUT2D eigenvalue weighted by Crippen LogP contribution is -2.03. The summed E-state index contributed by atoms with van der Waals surface area (Å²) >= 11 is 0. The van der Waals surface area contributed by atoms with E-state index in [1.54, 1.807) is 0 Å². The van der Waals surface area contributed by atoms with Crippen LogP contribution in [0.1, 0.15) is 97.3 Å². The molecule has 0 atom stereocenters. The van der Waals surface area contributed by atoms with E-state index in [2.05, 4.69) is 19.9 Å². The van der Waals surface area contributed by atoms with Crippen molar-refractivity contribution in [2.24, 2.45) is 0 Å². The van der Waals surface area contributed by atoms with Crippen molar-refractivity contribution in [1.29, 1.82) is 0 Å². The first-order valence-electron chi connectivity index (χ1n) is 9.11. The van der Waals surface area contributed by atoms with Crippen LogP contribution < -0.4 is 0 Å². The number of unbranched alkanes of at least 4 members (excludes halogenated alkanes) is 10. The molecular formula is C19H36O2. The predicted octanol–water partition coefficient (Wildman–Crippen LogP) is 6.20. The van der Waals surface area contributed by atoms with Gasteiger partial charge in [-0.15, -0.1) is 0 Å². The molecule has 21 heavy (non-hydrogen) atoms. The Morgan fingerprint density at radius 1 is 0.762 bits per heavy atom. The fraction of sp³-hybridized carbons (Fsp3) is 0.842. The Balaban J connectivity index is 3.24. The molecule has 0 N–H and O–H groups in total. The highest BCUT2D eigenvalue weighted by atomic mass is 16.5. The standard InChI is InChI=1S/C19H36O2/c1-3-5-7-9-11-13-15-17-19(20)21-18-16-14-12-10-8-6-4-2/h14,16H,3-13,15,17-18H2,1-2H3/b16-14-. The molecule has 0 amide bonds. The lowest BCUT2D eigenvalue weighted by atomic mass is 10.1. The lowest BCUT2D eigenvalue weighted by Gasteiger charge is -2.02. The molecule has 0 fully saturated rings. The van der Waals surface area contributed by atoms with E-state index in [1.165, 1.54) is 57.8 Å². The molecule has 0 saturated heterocycles. The SMILES string of the molecule is CCCCCC/C=C\COC(=O)CCCCCCCCC. The van der Waals surface area contributed by atoms with Crippen molar-refractivity contribution in [3.05, 3.63) is 12.2 Å². The van der Waals surface area contributed by atoms with E-state index in [9.17, 15) is 4.79 Å². The average Bonchev–Trinajstić information content (AvgIpc) is 2.49. The van der Waals surface area contributed by atoms with Gasteiger partial charge in [-0.1, -0.05) is 83.8 Å². The molecule has 0 spiro atoms. The third-order valence-electron chi connectivity index (χ3n) is 3.72. The van der Waals surface area contributed by atoms with Gasteiger partial charge in [0.25, 0.3) is 0 Å². The maximum absolute atomic E-state index is 11.5. The molecular weight excluding hydrogens is 260 g/mol. The largest absolute Gasteiger partial charge is 0.461 e. The smallest absolute Gasteiger partial charge is 0.306 e. The maximum atomic E-state index is 11.5. The van der Waals surface area contributed by atoms with Gasteiger partial charge in [0, 0.05) is 6.42 Å². The van der Waals surface area contributed by atoms with Gasteiger partial charge in [0.1, 0.15) is 6.61 Å². The van der Waals surface area contributed by atoms with Gasteiger partial charge < -0.3 is 4.74 Å². The van der Waals surface area contributed by atoms with Gasteiger partial charge in [-0.2, -0.15) is 0 Å². The molecule has 0 aliphatic carbocycles. The monoisotopic (exact) mass is 296 g/mol. The Hall–Kier alpha value is -0.790. The van der Waals surface area contributed by atoms with E-state index >= 15 is 0 Å². The van der Waals surface area contributed by atoms with Crippen LogP contribution in [-0.2, 0) is 9.53 Å². The summed E-state index contributed by atoms with van der Waals surface area (Å²) in [5.41, 5.74) is 0. The van der Waals surface area contributed by atoms with Gasteiger partial charge in [0.15, 0.2) is 0 Å². The van der Waals surface area contributed by atoms with Crippen molar-refractivity contribution in [1.82, 2.24) is 0 Å². The number of esters is 1. The zero-order valence-corrected chi connectivity index (χ0v) is 14.4. The van der Waals surface area contributed by atoms with Gasteiger partial charge in [0.05, 0.1) is 0 Å². The molecule has 0 rings (SSSR count). The lowest BCUT2D eigenvalue weighted by molar-refractivity contribution is -0.142. The van der Waals surface area contributed by atoms with Crippen molar-refractivity contribution in [3.8, 4) is 0 Å². The highest BCUT2D eigenvalue weighted by Crippen LogP contribution is 2.08. The normalized spacial score (nSPS) is 11.1. The molecule has 0 aliphatic heterocycles.